The molecule has 6 N–H and O–H groups in total. The van der Waals surface area contributed by atoms with Crippen LogP contribution in [0.2, 0.25) is 0 Å². The smallest absolute Gasteiger partial charge is 0.323 e. The van der Waals surface area contributed by atoms with E-state index >= 15 is 0 Å². The van der Waals surface area contributed by atoms with E-state index in [0.29, 0.717) is 5.56 Å². The summed E-state index contributed by atoms with van der Waals surface area (Å²) in [4.78, 5) is 11.6. The van der Waals surface area contributed by atoms with E-state index in [-0.39, 0.29) is 30.9 Å². The first-order valence-corrected chi connectivity index (χ1v) is 6.16. The summed E-state index contributed by atoms with van der Waals surface area (Å²) in [6.45, 7) is -0.425. The molecule has 0 fully saturated rings. The number of carbonyl (C=O) groups excluding carboxylic acids is 1. The Labute approximate surface area is 116 Å². The number of aliphatic hydroxyl groups is 2. The van der Waals surface area contributed by atoms with Crippen molar-refractivity contribution < 1.29 is 30.0 Å². The number of aliphatic hydroxyl groups excluding tert-OH is 2. The lowest BCUT2D eigenvalue weighted by Crippen LogP contribution is -2.35. The fraction of sp³-hybridized carbons (Fsp3) is 0.462. The summed E-state index contributed by atoms with van der Waals surface area (Å²) in [5.41, 5.74) is 6.24. The standard InChI is InChI=1S/C13H19NO6/c14-10(13(19)20-4-3-9(16)7-15)5-8-1-2-11(17)12(18)6-8/h1-2,6,9-10,15-18H,3-5,7,14H2/t9?,10-/m0/s1. The van der Waals surface area contributed by atoms with Crippen LogP contribution in [0, 0.1) is 0 Å². The summed E-state index contributed by atoms with van der Waals surface area (Å²) in [5, 5.41) is 36.2. The van der Waals surface area contributed by atoms with Crippen LogP contribution >= 0.6 is 0 Å². The zero-order chi connectivity index (χ0) is 15.1. The van der Waals surface area contributed by atoms with E-state index < -0.39 is 24.7 Å². The van der Waals surface area contributed by atoms with Crippen LogP contribution < -0.4 is 5.73 Å². The van der Waals surface area contributed by atoms with Crippen LogP contribution in [-0.2, 0) is 16.0 Å². The zero-order valence-corrected chi connectivity index (χ0v) is 10.9. The molecule has 0 aliphatic rings. The maximum absolute atomic E-state index is 11.6. The lowest BCUT2D eigenvalue weighted by atomic mass is 10.1. The third kappa shape index (κ3) is 5.04. The molecule has 7 nitrogen and oxygen atoms in total. The number of phenolic OH excluding ortho intramolecular Hbond substituents is 2. The highest BCUT2D eigenvalue weighted by molar-refractivity contribution is 5.75. The predicted octanol–water partition coefficient (Wildman–Crippen LogP) is -0.746. The summed E-state index contributed by atoms with van der Waals surface area (Å²) >= 11 is 0. The Morgan fingerprint density at radius 2 is 2.00 bits per heavy atom. The first-order chi connectivity index (χ1) is 9.43. The second-order valence-corrected chi connectivity index (χ2v) is 4.43. The molecule has 20 heavy (non-hydrogen) atoms. The molecule has 1 unspecified atom stereocenters. The van der Waals surface area contributed by atoms with Gasteiger partial charge in [0.05, 0.1) is 19.3 Å². The van der Waals surface area contributed by atoms with E-state index in [9.17, 15) is 9.90 Å². The molecule has 2 atom stereocenters. The number of esters is 1. The van der Waals surface area contributed by atoms with Gasteiger partial charge in [0.25, 0.3) is 0 Å². The fourth-order valence-corrected chi connectivity index (χ4v) is 1.53. The van der Waals surface area contributed by atoms with Crippen molar-refractivity contribution in [1.29, 1.82) is 0 Å². The van der Waals surface area contributed by atoms with Crippen molar-refractivity contribution in [2.24, 2.45) is 5.73 Å². The average Bonchev–Trinajstić information content (AvgIpc) is 2.42. The Kier molecular flexibility index (Phi) is 6.23. The van der Waals surface area contributed by atoms with Gasteiger partial charge in [-0.15, -0.1) is 0 Å². The van der Waals surface area contributed by atoms with Gasteiger partial charge in [0.2, 0.25) is 0 Å². The molecule has 0 aliphatic carbocycles. The highest BCUT2D eigenvalue weighted by Crippen LogP contribution is 2.25. The minimum atomic E-state index is -0.923. The first-order valence-electron chi connectivity index (χ1n) is 6.16. The van der Waals surface area contributed by atoms with E-state index in [4.69, 9.17) is 25.8 Å². The van der Waals surface area contributed by atoms with E-state index in [0.717, 1.165) is 0 Å². The highest BCUT2D eigenvalue weighted by Gasteiger charge is 2.17. The Bertz CT molecular complexity index is 450. The normalized spacial score (nSPS) is 13.8. The fourth-order valence-electron chi connectivity index (χ4n) is 1.53. The number of aromatic hydroxyl groups is 2. The molecule has 0 radical (unpaired) electrons. The summed E-state index contributed by atoms with van der Waals surface area (Å²) < 4.78 is 4.86. The van der Waals surface area contributed by atoms with Gasteiger partial charge >= 0.3 is 5.97 Å². The molecule has 7 heteroatoms. The number of carbonyl (C=O) groups is 1. The third-order valence-electron chi connectivity index (χ3n) is 2.70. The first kappa shape index (κ1) is 16.2. The van der Waals surface area contributed by atoms with Crippen LogP contribution in [0.3, 0.4) is 0 Å². The molecule has 1 rings (SSSR count). The summed E-state index contributed by atoms with van der Waals surface area (Å²) in [7, 11) is 0. The van der Waals surface area contributed by atoms with Crippen molar-refractivity contribution in [3.63, 3.8) is 0 Å². The minimum Gasteiger partial charge on any atom is -0.504 e. The second-order valence-electron chi connectivity index (χ2n) is 4.43. The van der Waals surface area contributed by atoms with Crippen LogP contribution in [-0.4, -0.2) is 51.8 Å². The lowest BCUT2D eigenvalue weighted by Gasteiger charge is -2.13. The Hall–Kier alpha value is -1.83. The number of phenols is 2. The van der Waals surface area contributed by atoms with Gasteiger partial charge in [-0.05, 0) is 24.1 Å². The monoisotopic (exact) mass is 285 g/mol. The molecule has 1 aromatic rings. The highest BCUT2D eigenvalue weighted by atomic mass is 16.5. The molecule has 0 heterocycles. The molecule has 1 aromatic carbocycles. The molecule has 0 aromatic heterocycles. The van der Waals surface area contributed by atoms with E-state index in [2.05, 4.69) is 0 Å². The van der Waals surface area contributed by atoms with Crippen molar-refractivity contribution in [1.82, 2.24) is 0 Å². The zero-order valence-electron chi connectivity index (χ0n) is 10.9. The number of nitrogens with two attached hydrogens (primary N) is 1. The molecule has 0 amide bonds. The molecule has 0 bridgehead atoms. The minimum absolute atomic E-state index is 0.0327. The SMILES string of the molecule is N[C@@H](Cc1ccc(O)c(O)c1)C(=O)OCCC(O)CO. The molecule has 0 spiro atoms. The van der Waals surface area contributed by atoms with Crippen LogP contribution in [0.25, 0.3) is 0 Å². The van der Waals surface area contributed by atoms with Crippen molar-refractivity contribution in [2.75, 3.05) is 13.2 Å². The maximum Gasteiger partial charge on any atom is 0.323 e. The van der Waals surface area contributed by atoms with E-state index in [1.807, 2.05) is 0 Å². The average molecular weight is 285 g/mol. The summed E-state index contributed by atoms with van der Waals surface area (Å²) in [6.07, 6.45) is -0.641. The van der Waals surface area contributed by atoms with Gasteiger partial charge in [0.1, 0.15) is 6.04 Å². The van der Waals surface area contributed by atoms with Gasteiger partial charge in [-0.2, -0.15) is 0 Å². The number of hydrogen-bond donors (Lipinski definition) is 5. The van der Waals surface area contributed by atoms with Crippen molar-refractivity contribution in [3.8, 4) is 11.5 Å². The number of rotatable bonds is 7. The molecular weight excluding hydrogens is 266 g/mol. The van der Waals surface area contributed by atoms with E-state index in [1.54, 1.807) is 0 Å². The van der Waals surface area contributed by atoms with Crippen molar-refractivity contribution in [2.45, 2.75) is 25.0 Å². The maximum atomic E-state index is 11.6. The molecule has 0 saturated carbocycles. The van der Waals surface area contributed by atoms with Gasteiger partial charge in [-0.25, -0.2) is 0 Å². The third-order valence-corrected chi connectivity index (χ3v) is 2.70. The summed E-state index contributed by atoms with van der Waals surface area (Å²) in [6, 6.07) is 3.25. The van der Waals surface area contributed by atoms with Gasteiger partial charge in [-0.3, -0.25) is 4.79 Å². The number of benzene rings is 1. The second kappa shape index (κ2) is 7.68. The van der Waals surface area contributed by atoms with Gasteiger partial charge < -0.3 is 30.9 Å². The van der Waals surface area contributed by atoms with Crippen LogP contribution in [0.4, 0.5) is 0 Å². The van der Waals surface area contributed by atoms with E-state index in [1.165, 1.54) is 18.2 Å². The summed E-state index contributed by atoms with van der Waals surface area (Å²) in [5.74, 6) is -1.17. The van der Waals surface area contributed by atoms with Crippen molar-refractivity contribution >= 4 is 5.97 Å². The molecular formula is C13H19NO6. The quantitative estimate of drug-likeness (QED) is 0.329. The van der Waals surface area contributed by atoms with Gasteiger partial charge in [-0.1, -0.05) is 6.07 Å². The van der Waals surface area contributed by atoms with Gasteiger partial charge in [0, 0.05) is 6.42 Å². The van der Waals surface area contributed by atoms with Gasteiger partial charge in [0.15, 0.2) is 11.5 Å². The Morgan fingerprint density at radius 1 is 1.30 bits per heavy atom. The molecule has 112 valence electrons. The molecule has 0 aliphatic heterocycles. The molecule has 0 saturated heterocycles. The largest absolute Gasteiger partial charge is 0.504 e. The Morgan fingerprint density at radius 3 is 2.60 bits per heavy atom. The van der Waals surface area contributed by atoms with Crippen LogP contribution in [0.5, 0.6) is 11.5 Å². The van der Waals surface area contributed by atoms with Crippen LogP contribution in [0.1, 0.15) is 12.0 Å². The lowest BCUT2D eigenvalue weighted by molar-refractivity contribution is -0.146. The van der Waals surface area contributed by atoms with Crippen molar-refractivity contribution in [3.05, 3.63) is 23.8 Å². The number of hydrogen-bond acceptors (Lipinski definition) is 7. The van der Waals surface area contributed by atoms with Crippen LogP contribution in [0.15, 0.2) is 18.2 Å². The predicted molar refractivity (Wildman–Crippen MR) is 70.1 cm³/mol. The Balaban J connectivity index is 2.43. The number of ether oxygens (including phenoxy) is 1. The topological polar surface area (TPSA) is 133 Å².